The summed E-state index contributed by atoms with van der Waals surface area (Å²) in [5, 5.41) is 0.435. The number of hydrogen-bond donors (Lipinski definition) is 0. The molecule has 0 N–H and O–H groups in total. The van der Waals surface area contributed by atoms with Gasteiger partial charge in [0.15, 0.2) is 11.6 Å². The Balaban J connectivity index is 1.44. The van der Waals surface area contributed by atoms with Crippen molar-refractivity contribution in [1.82, 2.24) is 0 Å². The molecule has 0 heterocycles. The quantitative estimate of drug-likeness (QED) is 0.183. The lowest BCUT2D eigenvalue weighted by atomic mass is 9.82. The van der Waals surface area contributed by atoms with Gasteiger partial charge in [0.25, 0.3) is 0 Å². The van der Waals surface area contributed by atoms with Crippen LogP contribution in [0.2, 0.25) is 0 Å². The normalized spacial score (nSPS) is 18.2. The Hall–Kier alpha value is -3.52. The topological polar surface area (TPSA) is 26.3 Å². The van der Waals surface area contributed by atoms with Crippen LogP contribution in [0, 0.1) is 41.1 Å². The molecule has 4 rings (SSSR count). The van der Waals surface area contributed by atoms with Gasteiger partial charge in [-0.2, -0.15) is 0 Å². The number of carbonyl (C=O) groups excluding carboxylic acids is 1. The first kappa shape index (κ1) is 22.7. The Morgan fingerprint density at radius 1 is 0.970 bits per heavy atom. The zero-order valence-electron chi connectivity index (χ0n) is 18.2. The predicted octanol–water partition coefficient (Wildman–Crippen LogP) is 7.21. The van der Waals surface area contributed by atoms with Crippen molar-refractivity contribution < 1.29 is 22.7 Å². The molecule has 3 aromatic rings. The number of ether oxygens (including phenoxy) is 1. The molecule has 0 atom stereocenters. The second-order valence-corrected chi connectivity index (χ2v) is 8.24. The molecule has 1 saturated carbocycles. The molecule has 168 valence electrons. The van der Waals surface area contributed by atoms with Gasteiger partial charge in [-0.25, -0.2) is 18.0 Å². The molecule has 2 nitrogen and oxygen atoms in total. The lowest BCUT2D eigenvalue weighted by Gasteiger charge is -2.22. The number of hydrogen-bond acceptors (Lipinski definition) is 2. The van der Waals surface area contributed by atoms with E-state index in [4.69, 9.17) is 4.74 Å². The maximum absolute atomic E-state index is 14.6. The molecule has 1 fully saturated rings. The summed E-state index contributed by atoms with van der Waals surface area (Å²) in [6, 6.07) is 10.6. The van der Waals surface area contributed by atoms with Gasteiger partial charge < -0.3 is 4.74 Å². The third-order valence-corrected chi connectivity index (χ3v) is 5.94. The summed E-state index contributed by atoms with van der Waals surface area (Å²) in [7, 11) is 0. The zero-order chi connectivity index (χ0) is 23.4. The second-order valence-electron chi connectivity index (χ2n) is 8.24. The fraction of sp³-hybridized carbons (Fsp3) is 0.250. The van der Waals surface area contributed by atoms with Crippen molar-refractivity contribution in [2.24, 2.45) is 11.8 Å². The number of esters is 1. The van der Waals surface area contributed by atoms with Gasteiger partial charge in [0.1, 0.15) is 11.6 Å². The van der Waals surface area contributed by atoms with E-state index in [0.717, 1.165) is 31.7 Å². The first-order valence-electron chi connectivity index (χ1n) is 11.0. The van der Waals surface area contributed by atoms with E-state index in [9.17, 15) is 18.0 Å². The molecule has 0 aromatic heterocycles. The van der Waals surface area contributed by atoms with E-state index >= 15 is 0 Å². The van der Waals surface area contributed by atoms with Gasteiger partial charge in [-0.3, -0.25) is 0 Å². The van der Waals surface area contributed by atoms with Gasteiger partial charge >= 0.3 is 5.97 Å². The summed E-state index contributed by atoms with van der Waals surface area (Å²) in [6.07, 6.45) is 8.60. The van der Waals surface area contributed by atoms with Crippen LogP contribution in [0.1, 0.15) is 48.5 Å². The molecule has 3 aromatic carbocycles. The molecular weight excluding hydrogens is 425 g/mol. The molecule has 33 heavy (non-hydrogen) atoms. The molecule has 0 saturated heterocycles. The largest absolute Gasteiger partial charge is 0.423 e. The van der Waals surface area contributed by atoms with Crippen molar-refractivity contribution >= 4 is 16.7 Å². The highest BCUT2D eigenvalue weighted by Crippen LogP contribution is 2.29. The van der Waals surface area contributed by atoms with Gasteiger partial charge in [-0.15, -0.1) is 0 Å². The molecule has 5 heteroatoms. The van der Waals surface area contributed by atoms with Crippen LogP contribution >= 0.6 is 0 Å². The van der Waals surface area contributed by atoms with Crippen LogP contribution in [0.3, 0.4) is 0 Å². The van der Waals surface area contributed by atoms with Gasteiger partial charge in [-0.1, -0.05) is 30.1 Å². The van der Waals surface area contributed by atoms with Crippen LogP contribution in [0.4, 0.5) is 13.2 Å². The van der Waals surface area contributed by atoms with Crippen molar-refractivity contribution in [1.29, 1.82) is 0 Å². The number of halogens is 3. The minimum absolute atomic E-state index is 0.0687. The first-order chi connectivity index (χ1) is 15.9. The van der Waals surface area contributed by atoms with Crippen LogP contribution in [-0.4, -0.2) is 5.97 Å². The molecule has 0 spiro atoms. The van der Waals surface area contributed by atoms with E-state index in [1.165, 1.54) is 36.4 Å². The first-order valence-corrected chi connectivity index (χ1v) is 11.0. The summed E-state index contributed by atoms with van der Waals surface area (Å²) in [6.45, 7) is 2.03. The Bertz CT molecular complexity index is 1280. The van der Waals surface area contributed by atoms with Crippen molar-refractivity contribution in [3.8, 4) is 17.6 Å². The molecule has 0 bridgehead atoms. The third-order valence-electron chi connectivity index (χ3n) is 5.94. The van der Waals surface area contributed by atoms with Crippen LogP contribution in [0.25, 0.3) is 10.8 Å². The predicted molar refractivity (Wildman–Crippen MR) is 122 cm³/mol. The van der Waals surface area contributed by atoms with E-state index in [1.807, 2.05) is 6.92 Å². The lowest BCUT2D eigenvalue weighted by Crippen LogP contribution is -2.11. The van der Waals surface area contributed by atoms with E-state index in [2.05, 4.69) is 24.0 Å². The molecule has 1 aliphatic carbocycles. The van der Waals surface area contributed by atoms with E-state index in [1.54, 1.807) is 6.07 Å². The Morgan fingerprint density at radius 2 is 1.76 bits per heavy atom. The van der Waals surface area contributed by atoms with Gasteiger partial charge in [0.05, 0.1) is 5.56 Å². The van der Waals surface area contributed by atoms with Gasteiger partial charge in [-0.05, 0) is 86.4 Å². The minimum atomic E-state index is -0.973. The smallest absolute Gasteiger partial charge is 0.346 e. The molecule has 0 amide bonds. The average Bonchev–Trinajstić information content (AvgIpc) is 2.81. The summed E-state index contributed by atoms with van der Waals surface area (Å²) < 4.78 is 47.0. The highest BCUT2D eigenvalue weighted by molar-refractivity contribution is 5.92. The van der Waals surface area contributed by atoms with Crippen molar-refractivity contribution in [2.75, 3.05) is 0 Å². The van der Waals surface area contributed by atoms with E-state index in [-0.39, 0.29) is 16.7 Å². The fourth-order valence-electron chi connectivity index (χ4n) is 4.14. The standard InChI is InChI=1S/C28H23F3O2/c1-2-3-18-4-6-19(7-5-18)8-9-20-10-13-24(26(30)16-20)28(32)33-22-12-14-23-21(17-22)11-15-25(29)27(23)31/h2-3,10-19H,4-7H2,1H3/b3-2+. The maximum Gasteiger partial charge on any atom is 0.346 e. The fourth-order valence-corrected chi connectivity index (χ4v) is 4.14. The van der Waals surface area contributed by atoms with Crippen molar-refractivity contribution in [3.63, 3.8) is 0 Å². The van der Waals surface area contributed by atoms with Gasteiger partial charge in [0.2, 0.25) is 0 Å². The minimum Gasteiger partial charge on any atom is -0.423 e. The van der Waals surface area contributed by atoms with Crippen LogP contribution < -0.4 is 4.74 Å². The number of benzene rings is 3. The molecule has 0 aliphatic heterocycles. The summed E-state index contributed by atoms with van der Waals surface area (Å²) in [4.78, 5) is 12.5. The summed E-state index contributed by atoms with van der Waals surface area (Å²) in [5.74, 6) is 3.74. The molecule has 0 radical (unpaired) electrons. The molecule has 0 unspecified atom stereocenters. The monoisotopic (exact) mass is 448 g/mol. The number of fused-ring (bicyclic) bond motifs is 1. The Morgan fingerprint density at radius 3 is 2.48 bits per heavy atom. The summed E-state index contributed by atoms with van der Waals surface area (Å²) >= 11 is 0. The van der Waals surface area contributed by atoms with Crippen molar-refractivity contribution in [3.05, 3.63) is 89.3 Å². The number of rotatable bonds is 3. The number of allylic oxidation sites excluding steroid dienone is 2. The molecular formula is C28H23F3O2. The molecule has 1 aliphatic rings. The number of carbonyl (C=O) groups is 1. The lowest BCUT2D eigenvalue weighted by molar-refractivity contribution is 0.0730. The Kier molecular flexibility index (Phi) is 6.84. The zero-order valence-corrected chi connectivity index (χ0v) is 18.2. The van der Waals surface area contributed by atoms with E-state index in [0.29, 0.717) is 22.8 Å². The second kappa shape index (κ2) is 9.95. The van der Waals surface area contributed by atoms with E-state index < -0.39 is 23.4 Å². The SMILES string of the molecule is C/C=C/C1CCC(C#Cc2ccc(C(=O)Oc3ccc4c(F)c(F)ccc4c3)c(F)c2)CC1. The van der Waals surface area contributed by atoms with Crippen LogP contribution in [0.15, 0.2) is 60.7 Å². The van der Waals surface area contributed by atoms with Crippen LogP contribution in [0.5, 0.6) is 5.75 Å². The van der Waals surface area contributed by atoms with Crippen molar-refractivity contribution in [2.45, 2.75) is 32.6 Å². The average molecular weight is 448 g/mol. The third kappa shape index (κ3) is 5.28. The van der Waals surface area contributed by atoms with Crippen LogP contribution in [-0.2, 0) is 0 Å². The highest BCUT2D eigenvalue weighted by atomic mass is 19.2. The maximum atomic E-state index is 14.6. The van der Waals surface area contributed by atoms with Gasteiger partial charge in [0, 0.05) is 16.9 Å². The highest BCUT2D eigenvalue weighted by Gasteiger charge is 2.18. The Labute approximate surface area is 191 Å². The summed E-state index contributed by atoms with van der Waals surface area (Å²) in [5.41, 5.74) is 0.278.